The van der Waals surface area contributed by atoms with Crippen molar-refractivity contribution in [2.45, 2.75) is 45.8 Å². The molecule has 7 nitrogen and oxygen atoms in total. The minimum absolute atomic E-state index is 0.323. The van der Waals surface area contributed by atoms with Gasteiger partial charge in [-0.2, -0.15) is 4.98 Å². The summed E-state index contributed by atoms with van der Waals surface area (Å²) in [5.41, 5.74) is 0. The van der Waals surface area contributed by atoms with Gasteiger partial charge in [0.1, 0.15) is 0 Å². The standard InChI is InChI=1S/C18H32N4O3/c1-15(2)3-4-17-19-18(25-20-17)14-22-6-5-16(13-22)24-12-9-21-7-10-23-11-8-21/h15-16H,3-14H2,1-2H3/t16-/m0/s1. The Balaban J connectivity index is 1.32. The predicted octanol–water partition coefficient (Wildman–Crippen LogP) is 1.58. The average molecular weight is 352 g/mol. The van der Waals surface area contributed by atoms with Crippen LogP contribution in [-0.4, -0.2) is 78.6 Å². The van der Waals surface area contributed by atoms with E-state index in [0.717, 1.165) is 90.1 Å². The zero-order chi connectivity index (χ0) is 17.5. The number of hydrogen-bond donors (Lipinski definition) is 0. The van der Waals surface area contributed by atoms with Crippen LogP contribution >= 0.6 is 0 Å². The molecule has 2 fully saturated rings. The van der Waals surface area contributed by atoms with E-state index in [1.165, 1.54) is 0 Å². The summed E-state index contributed by atoms with van der Waals surface area (Å²) in [6.07, 6.45) is 3.40. The van der Waals surface area contributed by atoms with Gasteiger partial charge in [-0.25, -0.2) is 0 Å². The van der Waals surface area contributed by atoms with Gasteiger partial charge in [0.15, 0.2) is 5.82 Å². The number of nitrogens with zero attached hydrogens (tertiary/aromatic N) is 4. The number of aryl methyl sites for hydroxylation is 1. The highest BCUT2D eigenvalue weighted by Gasteiger charge is 2.25. The fourth-order valence-corrected chi connectivity index (χ4v) is 3.31. The van der Waals surface area contributed by atoms with Crippen LogP contribution in [0.25, 0.3) is 0 Å². The third kappa shape index (κ3) is 6.33. The van der Waals surface area contributed by atoms with Gasteiger partial charge in [-0.3, -0.25) is 9.80 Å². The van der Waals surface area contributed by atoms with Crippen LogP contribution in [0.1, 0.15) is 38.4 Å². The minimum Gasteiger partial charge on any atom is -0.379 e. The van der Waals surface area contributed by atoms with E-state index < -0.39 is 0 Å². The van der Waals surface area contributed by atoms with Crippen LogP contribution < -0.4 is 0 Å². The lowest BCUT2D eigenvalue weighted by Crippen LogP contribution is -2.38. The first kappa shape index (κ1) is 18.8. The fourth-order valence-electron chi connectivity index (χ4n) is 3.31. The maximum absolute atomic E-state index is 6.05. The normalized spacial score (nSPS) is 22.9. The second-order valence-corrected chi connectivity index (χ2v) is 7.51. The molecule has 2 saturated heterocycles. The number of morpholine rings is 1. The Morgan fingerprint density at radius 3 is 2.84 bits per heavy atom. The number of aromatic nitrogens is 2. The van der Waals surface area contributed by atoms with Gasteiger partial charge < -0.3 is 14.0 Å². The molecular formula is C18H32N4O3. The molecule has 3 rings (SSSR count). The maximum Gasteiger partial charge on any atom is 0.240 e. The molecule has 1 aromatic heterocycles. The van der Waals surface area contributed by atoms with Crippen LogP contribution in [0.4, 0.5) is 0 Å². The lowest BCUT2D eigenvalue weighted by molar-refractivity contribution is 0.00387. The fraction of sp³-hybridized carbons (Fsp3) is 0.889. The summed E-state index contributed by atoms with van der Waals surface area (Å²) in [4.78, 5) is 9.27. The Hall–Kier alpha value is -1.02. The molecule has 1 atom stereocenters. The Morgan fingerprint density at radius 1 is 1.20 bits per heavy atom. The van der Waals surface area contributed by atoms with Crippen LogP contribution in [0.15, 0.2) is 4.52 Å². The number of rotatable bonds is 9. The van der Waals surface area contributed by atoms with Gasteiger partial charge in [0.05, 0.1) is 32.5 Å². The molecule has 0 N–H and O–H groups in total. The molecule has 7 heteroatoms. The molecule has 0 unspecified atom stereocenters. The van der Waals surface area contributed by atoms with Crippen molar-refractivity contribution in [1.29, 1.82) is 0 Å². The summed E-state index contributed by atoms with van der Waals surface area (Å²) in [6, 6.07) is 0. The summed E-state index contributed by atoms with van der Waals surface area (Å²) in [7, 11) is 0. The second kappa shape index (κ2) is 9.62. The Labute approximate surface area is 150 Å². The van der Waals surface area contributed by atoms with Crippen molar-refractivity contribution in [2.24, 2.45) is 5.92 Å². The van der Waals surface area contributed by atoms with E-state index >= 15 is 0 Å². The Bertz CT molecular complexity index is 502. The molecule has 142 valence electrons. The quantitative estimate of drug-likeness (QED) is 0.668. The van der Waals surface area contributed by atoms with Crippen LogP contribution in [0.2, 0.25) is 0 Å². The monoisotopic (exact) mass is 352 g/mol. The van der Waals surface area contributed by atoms with Crippen molar-refractivity contribution < 1.29 is 14.0 Å². The average Bonchev–Trinajstić information content (AvgIpc) is 3.24. The van der Waals surface area contributed by atoms with Crippen molar-refractivity contribution >= 4 is 0 Å². The van der Waals surface area contributed by atoms with Gasteiger partial charge in [0.2, 0.25) is 5.89 Å². The minimum atomic E-state index is 0.323. The van der Waals surface area contributed by atoms with Crippen molar-refractivity contribution in [2.75, 3.05) is 52.5 Å². The van der Waals surface area contributed by atoms with Crippen molar-refractivity contribution in [3.05, 3.63) is 11.7 Å². The van der Waals surface area contributed by atoms with Crippen molar-refractivity contribution in [3.8, 4) is 0 Å². The highest BCUT2D eigenvalue weighted by Crippen LogP contribution is 2.16. The van der Waals surface area contributed by atoms with E-state index in [0.29, 0.717) is 12.0 Å². The first-order valence-corrected chi connectivity index (χ1v) is 9.64. The molecule has 2 aliphatic rings. The van der Waals surface area contributed by atoms with E-state index in [4.69, 9.17) is 14.0 Å². The van der Waals surface area contributed by atoms with Gasteiger partial charge >= 0.3 is 0 Å². The molecule has 0 spiro atoms. The second-order valence-electron chi connectivity index (χ2n) is 7.51. The summed E-state index contributed by atoms with van der Waals surface area (Å²) >= 11 is 0. The number of likely N-dealkylation sites (tertiary alicyclic amines) is 1. The lowest BCUT2D eigenvalue weighted by atomic mass is 10.1. The van der Waals surface area contributed by atoms with Crippen molar-refractivity contribution in [3.63, 3.8) is 0 Å². The van der Waals surface area contributed by atoms with E-state index in [1.807, 2.05) is 0 Å². The van der Waals surface area contributed by atoms with Crippen molar-refractivity contribution in [1.82, 2.24) is 19.9 Å². The number of ether oxygens (including phenoxy) is 2. The lowest BCUT2D eigenvalue weighted by Gasteiger charge is -2.26. The molecule has 0 amide bonds. The molecule has 0 radical (unpaired) electrons. The molecule has 1 aromatic rings. The largest absolute Gasteiger partial charge is 0.379 e. The third-order valence-corrected chi connectivity index (χ3v) is 4.91. The van der Waals surface area contributed by atoms with Crippen LogP contribution in [-0.2, 0) is 22.4 Å². The predicted molar refractivity (Wildman–Crippen MR) is 94.4 cm³/mol. The summed E-state index contributed by atoms with van der Waals surface area (Å²) in [5, 5.41) is 4.09. The van der Waals surface area contributed by atoms with E-state index in [1.54, 1.807) is 0 Å². The van der Waals surface area contributed by atoms with Gasteiger partial charge in [-0.05, 0) is 18.8 Å². The Morgan fingerprint density at radius 2 is 2.04 bits per heavy atom. The van der Waals surface area contributed by atoms with Gasteiger partial charge in [0.25, 0.3) is 0 Å². The molecule has 0 saturated carbocycles. The summed E-state index contributed by atoms with van der Waals surface area (Å²) in [5.74, 6) is 2.23. The summed E-state index contributed by atoms with van der Waals surface area (Å²) < 4.78 is 16.8. The molecule has 3 heterocycles. The highest BCUT2D eigenvalue weighted by molar-refractivity contribution is 4.88. The summed E-state index contributed by atoms with van der Waals surface area (Å²) in [6.45, 7) is 12.7. The SMILES string of the molecule is CC(C)CCc1noc(CN2CC[C@H](OCCN3CCOCC3)C2)n1. The first-order valence-electron chi connectivity index (χ1n) is 9.64. The van der Waals surface area contributed by atoms with E-state index in [2.05, 4.69) is 33.8 Å². The zero-order valence-electron chi connectivity index (χ0n) is 15.7. The first-order chi connectivity index (χ1) is 12.2. The number of hydrogen-bond acceptors (Lipinski definition) is 7. The molecule has 25 heavy (non-hydrogen) atoms. The van der Waals surface area contributed by atoms with Crippen LogP contribution in [0.3, 0.4) is 0 Å². The molecule has 0 aromatic carbocycles. The van der Waals surface area contributed by atoms with Crippen LogP contribution in [0, 0.1) is 5.92 Å². The molecule has 0 bridgehead atoms. The third-order valence-electron chi connectivity index (χ3n) is 4.91. The molecular weight excluding hydrogens is 320 g/mol. The van der Waals surface area contributed by atoms with Gasteiger partial charge in [-0.1, -0.05) is 19.0 Å². The molecule has 0 aliphatic carbocycles. The van der Waals surface area contributed by atoms with Gasteiger partial charge in [-0.15, -0.1) is 0 Å². The smallest absolute Gasteiger partial charge is 0.240 e. The zero-order valence-corrected chi connectivity index (χ0v) is 15.7. The highest BCUT2D eigenvalue weighted by atomic mass is 16.5. The molecule has 2 aliphatic heterocycles. The topological polar surface area (TPSA) is 63.9 Å². The maximum atomic E-state index is 6.05. The van der Waals surface area contributed by atoms with E-state index in [-0.39, 0.29) is 0 Å². The van der Waals surface area contributed by atoms with E-state index in [9.17, 15) is 0 Å². The van der Waals surface area contributed by atoms with Gasteiger partial charge in [0, 0.05) is 39.1 Å². The Kier molecular flexibility index (Phi) is 7.22. The van der Waals surface area contributed by atoms with Crippen LogP contribution in [0.5, 0.6) is 0 Å².